The van der Waals surface area contributed by atoms with Crippen molar-refractivity contribution in [3.05, 3.63) is 129 Å². The second kappa shape index (κ2) is 15.8. The minimum atomic E-state index is -0.360. The van der Waals surface area contributed by atoms with Crippen LogP contribution in [0.5, 0.6) is 11.5 Å². The van der Waals surface area contributed by atoms with Gasteiger partial charge in [0.25, 0.3) is 0 Å². The summed E-state index contributed by atoms with van der Waals surface area (Å²) in [5.74, 6) is 0.560. The number of rotatable bonds is 8. The van der Waals surface area contributed by atoms with Crippen molar-refractivity contribution >= 4 is 12.4 Å². The number of hydrogen-bond donors (Lipinski definition) is 2. The van der Waals surface area contributed by atoms with Crippen molar-refractivity contribution in [2.45, 2.75) is 90.1 Å². The normalized spacial score (nSPS) is 17.1. The molecule has 1 aliphatic carbocycles. The Labute approximate surface area is 303 Å². The summed E-state index contributed by atoms with van der Waals surface area (Å²) in [4.78, 5) is 10.0. The molecule has 0 unspecified atom stereocenters. The van der Waals surface area contributed by atoms with Gasteiger partial charge in [0, 0.05) is 62.6 Å². The van der Waals surface area contributed by atoms with E-state index in [9.17, 15) is 10.2 Å². The predicted molar refractivity (Wildman–Crippen MR) is 184 cm³/mol. The van der Waals surface area contributed by atoms with Crippen molar-refractivity contribution in [3.8, 4) is 11.5 Å². The van der Waals surface area contributed by atoms with Crippen LogP contribution >= 0.6 is 0 Å². The van der Waals surface area contributed by atoms with Crippen LogP contribution in [-0.4, -0.2) is 34.7 Å². The zero-order chi connectivity index (χ0) is 31.5. The van der Waals surface area contributed by atoms with Crippen LogP contribution in [0.15, 0.2) is 94.9 Å². The third-order valence-corrected chi connectivity index (χ3v) is 9.41. The zero-order valence-electron chi connectivity index (χ0n) is 27.8. The Bertz CT molecular complexity index is 1540. The largest absolute Gasteiger partial charge is 1.00 e. The van der Waals surface area contributed by atoms with Gasteiger partial charge in [-0.1, -0.05) is 113 Å². The van der Waals surface area contributed by atoms with Crippen LogP contribution in [0.1, 0.15) is 97.9 Å². The van der Waals surface area contributed by atoms with Gasteiger partial charge in [-0.2, -0.15) is 0 Å². The summed E-state index contributed by atoms with van der Waals surface area (Å²) in [5, 5.41) is 22.9. The molecule has 4 aromatic carbocycles. The molecule has 0 spiro atoms. The topological polar surface area (TPSA) is 65.2 Å². The summed E-state index contributed by atoms with van der Waals surface area (Å²) < 4.78 is 0. The molecule has 5 rings (SSSR count). The summed E-state index contributed by atoms with van der Waals surface area (Å²) in [5.41, 5.74) is 7.03. The van der Waals surface area contributed by atoms with Crippen LogP contribution in [0.25, 0.3) is 0 Å². The van der Waals surface area contributed by atoms with E-state index in [4.69, 9.17) is 9.98 Å². The summed E-state index contributed by atoms with van der Waals surface area (Å²) >= 11 is 0. The number of benzene rings is 4. The maximum atomic E-state index is 11.4. The molecule has 0 bridgehead atoms. The third-order valence-electron chi connectivity index (χ3n) is 9.41. The van der Waals surface area contributed by atoms with E-state index in [1.54, 1.807) is 0 Å². The fourth-order valence-electron chi connectivity index (χ4n) is 6.58. The molecule has 4 nitrogen and oxygen atoms in total. The number of aliphatic imine (C=N–C) groups is 2. The van der Waals surface area contributed by atoms with Gasteiger partial charge in [0.05, 0.1) is 12.1 Å². The first-order valence-corrected chi connectivity index (χ1v) is 15.8. The molecule has 243 valence electrons. The van der Waals surface area contributed by atoms with Gasteiger partial charge >= 0.3 is 0 Å². The molecule has 2 atom stereocenters. The van der Waals surface area contributed by atoms with Gasteiger partial charge in [0.2, 0.25) is 0 Å². The Kier molecular flexibility index (Phi) is 12.9. The predicted octanol–water partition coefficient (Wildman–Crippen LogP) is 6.22. The summed E-state index contributed by atoms with van der Waals surface area (Å²) in [6.07, 6.45) is 7.78. The molecule has 1 saturated carbocycles. The van der Waals surface area contributed by atoms with Crippen molar-refractivity contribution in [1.82, 2.24) is 0 Å². The maximum absolute atomic E-state index is 11.4. The monoisotopic (exact) mass is 768 g/mol. The molecule has 1 radical (unpaired) electrons. The molecule has 6 heteroatoms. The van der Waals surface area contributed by atoms with Gasteiger partial charge in [0.15, 0.2) is 0 Å². The third kappa shape index (κ3) is 8.13. The first kappa shape index (κ1) is 37.5. The van der Waals surface area contributed by atoms with Crippen LogP contribution in [0.4, 0.5) is 0 Å². The van der Waals surface area contributed by atoms with Gasteiger partial charge in [-0.15, -0.1) is 0 Å². The Morgan fingerprint density at radius 3 is 1.30 bits per heavy atom. The van der Waals surface area contributed by atoms with E-state index in [1.165, 1.54) is 0 Å². The smallest absolute Gasteiger partial charge is 0.128 e. The van der Waals surface area contributed by atoms with E-state index in [-0.39, 0.29) is 75.5 Å². The average Bonchev–Trinajstić information content (AvgIpc) is 3.02. The minimum Gasteiger partial charge on any atom is -1.00 e. The summed E-state index contributed by atoms with van der Waals surface area (Å²) in [6.45, 7) is 12.7. The van der Waals surface area contributed by atoms with Crippen molar-refractivity contribution in [1.29, 1.82) is 0 Å². The zero-order valence-corrected chi connectivity index (χ0v) is 31.1. The minimum absolute atomic E-state index is 0. The molecule has 46 heavy (non-hydrogen) atoms. The fraction of sp³-hybridized carbons (Fsp3) is 0.350. The van der Waals surface area contributed by atoms with Gasteiger partial charge < -0.3 is 34.2 Å². The van der Waals surface area contributed by atoms with E-state index in [1.807, 2.05) is 61.0 Å². The molecule has 1 aliphatic rings. The van der Waals surface area contributed by atoms with Crippen LogP contribution < -0.4 is 24.0 Å². The van der Waals surface area contributed by atoms with Crippen molar-refractivity contribution < 1.29 is 51.3 Å². The Balaban J connectivity index is 0.00000288. The van der Waals surface area contributed by atoms with Crippen molar-refractivity contribution in [3.63, 3.8) is 0 Å². The summed E-state index contributed by atoms with van der Waals surface area (Å²) in [6, 6.07) is 28.8. The van der Waals surface area contributed by atoms with Crippen molar-refractivity contribution in [2.75, 3.05) is 0 Å². The van der Waals surface area contributed by atoms with E-state index in [0.717, 1.165) is 70.2 Å². The molecule has 2 N–H and O–H groups in total. The second-order valence-corrected chi connectivity index (χ2v) is 13.5. The maximum Gasteiger partial charge on any atom is 0.128 e. The van der Waals surface area contributed by atoms with E-state index < -0.39 is 0 Å². The molecular weight excluding hydrogens is 722 g/mol. The number of phenolic OH excluding ortho intramolecular Hbond substituents is 2. The molecule has 0 aliphatic heterocycles. The number of aromatic hydroxyl groups is 2. The van der Waals surface area contributed by atoms with Gasteiger partial charge in [-0.25, -0.2) is 0 Å². The van der Waals surface area contributed by atoms with Gasteiger partial charge in [-0.05, 0) is 61.1 Å². The number of aryl methyl sites for hydroxylation is 2. The van der Waals surface area contributed by atoms with Crippen LogP contribution in [-0.2, 0) is 27.9 Å². The first-order valence-electron chi connectivity index (χ1n) is 15.8. The van der Waals surface area contributed by atoms with Crippen molar-refractivity contribution in [2.24, 2.45) is 9.98 Å². The standard InChI is InChI=1S/C40H46N2O2.HI.Mn/c1-27-21-29(37(43)33(23-27)39(3,4)31-15-9-7-10-16-31)25-41-35-19-13-14-20-36(35)42-26-30-22-28(2)24-34(38(30)44)40(5,6)32-17-11-8-12-18-32;;/h7-12,15-18,21-26,35-36,43-44H,13-14,19-20H2,1-6H3;1H;/p-1/t35-,36-;;/m1../s1. The number of phenols is 2. The molecule has 0 saturated heterocycles. The second-order valence-electron chi connectivity index (χ2n) is 13.5. The molecule has 4 aromatic rings. The SMILES string of the molecule is Cc1cc(C=N[C@@H]2CCCC[C@H]2N=Cc2cc(C)cc(C(C)(C)c3ccccc3)c2O)c(O)c(C(C)(C)c2ccccc2)c1.[I-].[Mn]. The number of halogens is 1. The Hall–Kier alpha value is -2.93. The molecule has 0 amide bonds. The van der Waals surface area contributed by atoms with Gasteiger partial charge in [0.1, 0.15) is 11.5 Å². The number of nitrogens with zero attached hydrogens (tertiary/aromatic N) is 2. The fourth-order valence-corrected chi connectivity index (χ4v) is 6.58. The van der Waals surface area contributed by atoms with E-state index in [0.29, 0.717) is 0 Å². The molecular formula is C40H46IMnN2O2-. The van der Waals surface area contributed by atoms with E-state index in [2.05, 4.69) is 77.9 Å². The first-order chi connectivity index (χ1) is 21.0. The molecule has 1 fully saturated rings. The molecule has 0 aromatic heterocycles. The van der Waals surface area contributed by atoms with Crippen LogP contribution in [0, 0.1) is 13.8 Å². The molecule has 0 heterocycles. The van der Waals surface area contributed by atoms with Crippen LogP contribution in [0.2, 0.25) is 0 Å². The Morgan fingerprint density at radius 1 is 0.609 bits per heavy atom. The van der Waals surface area contributed by atoms with Crippen LogP contribution in [0.3, 0.4) is 0 Å². The quantitative estimate of drug-likeness (QED) is 0.127. The Morgan fingerprint density at radius 2 is 0.957 bits per heavy atom. The van der Waals surface area contributed by atoms with Gasteiger partial charge in [-0.3, -0.25) is 9.98 Å². The summed E-state index contributed by atoms with van der Waals surface area (Å²) in [7, 11) is 0. The average molecular weight is 769 g/mol. The van der Waals surface area contributed by atoms with E-state index >= 15 is 0 Å². The number of hydrogen-bond acceptors (Lipinski definition) is 4.